The lowest BCUT2D eigenvalue weighted by Crippen LogP contribution is -2.49. The zero-order chi connectivity index (χ0) is 17.1. The molecule has 0 aliphatic carbocycles. The van der Waals surface area contributed by atoms with Gasteiger partial charge in [0.1, 0.15) is 23.0 Å². The molecule has 0 bridgehead atoms. The van der Waals surface area contributed by atoms with Crippen molar-refractivity contribution in [3.8, 4) is 12.0 Å². The second-order valence-electron chi connectivity index (χ2n) is 5.77. The van der Waals surface area contributed by atoms with Crippen molar-refractivity contribution in [1.29, 1.82) is 5.26 Å². The predicted octanol–water partition coefficient (Wildman–Crippen LogP) is 1.00. The van der Waals surface area contributed by atoms with Crippen LogP contribution < -0.4 is 0 Å². The number of β-amino-alcohol motifs (C(OH)–C–C–N with tert-alkyl or cyclic N) is 1. The van der Waals surface area contributed by atoms with Crippen LogP contribution in [0.15, 0.2) is 28.9 Å². The normalized spacial score (nSPS) is 15.5. The number of rotatable bonds is 4. The van der Waals surface area contributed by atoms with Gasteiger partial charge in [-0.15, -0.1) is 0 Å². The van der Waals surface area contributed by atoms with Gasteiger partial charge in [0.15, 0.2) is 0 Å². The fourth-order valence-corrected chi connectivity index (χ4v) is 3.02. The summed E-state index contributed by atoms with van der Waals surface area (Å²) in [6.07, 6.45) is 3.56. The Balaban J connectivity index is 1.85. The number of furan rings is 1. The van der Waals surface area contributed by atoms with Gasteiger partial charge in [-0.3, -0.25) is 14.3 Å². The first-order valence-electron chi connectivity index (χ1n) is 7.95. The van der Waals surface area contributed by atoms with E-state index in [1.165, 1.54) is 0 Å². The highest BCUT2D eigenvalue weighted by atomic mass is 16.4. The molecule has 0 radical (unpaired) electrons. The molecule has 3 rings (SSSR count). The van der Waals surface area contributed by atoms with Crippen molar-refractivity contribution < 1.29 is 14.3 Å². The van der Waals surface area contributed by atoms with E-state index in [-0.39, 0.29) is 18.1 Å². The van der Waals surface area contributed by atoms with E-state index in [0.29, 0.717) is 36.8 Å². The van der Waals surface area contributed by atoms with E-state index >= 15 is 0 Å². The summed E-state index contributed by atoms with van der Waals surface area (Å²) in [5.41, 5.74) is 0.614. The first-order chi connectivity index (χ1) is 11.7. The molecule has 1 aliphatic rings. The molecule has 3 heterocycles. The number of carbonyl (C=O) groups is 1. The van der Waals surface area contributed by atoms with E-state index < -0.39 is 0 Å². The molecule has 24 heavy (non-hydrogen) atoms. The van der Waals surface area contributed by atoms with Crippen LogP contribution in [0.25, 0.3) is 5.88 Å². The Kier molecular flexibility index (Phi) is 4.69. The van der Waals surface area contributed by atoms with Crippen molar-refractivity contribution in [3.63, 3.8) is 0 Å². The second kappa shape index (κ2) is 6.91. The molecule has 0 atom stereocenters. The highest BCUT2D eigenvalue weighted by Crippen LogP contribution is 2.27. The Morgan fingerprint density at radius 1 is 1.29 bits per heavy atom. The first kappa shape index (κ1) is 16.3. The van der Waals surface area contributed by atoms with Crippen LogP contribution >= 0.6 is 0 Å². The van der Waals surface area contributed by atoms with Gasteiger partial charge in [0.25, 0.3) is 5.91 Å². The van der Waals surface area contributed by atoms with Crippen LogP contribution in [0.1, 0.15) is 21.7 Å². The van der Waals surface area contributed by atoms with Crippen LogP contribution in [-0.2, 0) is 0 Å². The fourth-order valence-electron chi connectivity index (χ4n) is 3.02. The van der Waals surface area contributed by atoms with Crippen LogP contribution in [-0.4, -0.2) is 64.7 Å². The summed E-state index contributed by atoms with van der Waals surface area (Å²) in [6, 6.07) is 5.79. The SMILES string of the molecule is Cc1oc(-n2cccc2)c(C#N)c1C(=O)N1CCN(CCO)CC1. The van der Waals surface area contributed by atoms with Crippen molar-refractivity contribution in [2.45, 2.75) is 6.92 Å². The van der Waals surface area contributed by atoms with Crippen molar-refractivity contribution in [1.82, 2.24) is 14.4 Å². The molecule has 1 aliphatic heterocycles. The maximum atomic E-state index is 12.9. The number of nitrogens with zero attached hydrogens (tertiary/aromatic N) is 4. The number of aryl methyl sites for hydroxylation is 1. The first-order valence-corrected chi connectivity index (χ1v) is 7.95. The van der Waals surface area contributed by atoms with Crippen molar-refractivity contribution in [2.24, 2.45) is 0 Å². The monoisotopic (exact) mass is 328 g/mol. The van der Waals surface area contributed by atoms with E-state index in [9.17, 15) is 10.1 Å². The fraction of sp³-hybridized carbons (Fsp3) is 0.412. The molecule has 0 unspecified atom stereocenters. The third kappa shape index (κ3) is 2.94. The number of amides is 1. The Hall–Kier alpha value is -2.56. The summed E-state index contributed by atoms with van der Waals surface area (Å²) < 4.78 is 7.40. The predicted molar refractivity (Wildman–Crippen MR) is 86.9 cm³/mol. The van der Waals surface area contributed by atoms with E-state index in [0.717, 1.165) is 13.1 Å². The van der Waals surface area contributed by atoms with Crippen LogP contribution in [0.3, 0.4) is 0 Å². The van der Waals surface area contributed by atoms with Crippen molar-refractivity contribution >= 4 is 5.91 Å². The summed E-state index contributed by atoms with van der Waals surface area (Å²) in [5, 5.41) is 18.5. The second-order valence-corrected chi connectivity index (χ2v) is 5.77. The summed E-state index contributed by atoms with van der Waals surface area (Å²) in [4.78, 5) is 16.7. The summed E-state index contributed by atoms with van der Waals surface area (Å²) in [5.74, 6) is 0.662. The Labute approximate surface area is 140 Å². The third-order valence-corrected chi connectivity index (χ3v) is 4.31. The minimum atomic E-state index is -0.171. The summed E-state index contributed by atoms with van der Waals surface area (Å²) in [7, 11) is 0. The molecule has 7 nitrogen and oxygen atoms in total. The van der Waals surface area contributed by atoms with Crippen LogP contribution in [0.2, 0.25) is 0 Å². The van der Waals surface area contributed by atoms with Crippen molar-refractivity contribution in [3.05, 3.63) is 41.4 Å². The molecule has 0 spiro atoms. The quantitative estimate of drug-likeness (QED) is 0.905. The zero-order valence-corrected chi connectivity index (χ0v) is 13.6. The van der Waals surface area contributed by atoms with E-state index in [2.05, 4.69) is 11.0 Å². The number of hydrogen-bond donors (Lipinski definition) is 1. The Morgan fingerprint density at radius 2 is 1.96 bits per heavy atom. The summed E-state index contributed by atoms with van der Waals surface area (Å²) in [6.45, 7) is 5.04. The van der Waals surface area contributed by atoms with E-state index in [4.69, 9.17) is 9.52 Å². The summed E-state index contributed by atoms with van der Waals surface area (Å²) >= 11 is 0. The molecule has 0 saturated carbocycles. The number of aliphatic hydroxyl groups excluding tert-OH is 1. The van der Waals surface area contributed by atoms with Crippen LogP contribution in [0.4, 0.5) is 0 Å². The molecular formula is C17H20N4O3. The molecule has 2 aromatic heterocycles. The molecule has 1 fully saturated rings. The topological polar surface area (TPSA) is 85.6 Å². The number of aromatic nitrogens is 1. The lowest BCUT2D eigenvalue weighted by atomic mass is 10.1. The van der Waals surface area contributed by atoms with Gasteiger partial charge in [-0.25, -0.2) is 0 Å². The molecule has 1 saturated heterocycles. The van der Waals surface area contributed by atoms with Gasteiger partial charge in [0.05, 0.1) is 6.61 Å². The highest BCUT2D eigenvalue weighted by molar-refractivity contribution is 5.98. The average Bonchev–Trinajstić information content (AvgIpc) is 3.22. The highest BCUT2D eigenvalue weighted by Gasteiger charge is 2.29. The molecular weight excluding hydrogens is 308 g/mol. The Morgan fingerprint density at radius 3 is 2.54 bits per heavy atom. The average molecular weight is 328 g/mol. The van der Waals surface area contributed by atoms with E-state index in [1.807, 2.05) is 12.1 Å². The molecule has 7 heteroatoms. The molecule has 126 valence electrons. The minimum Gasteiger partial charge on any atom is -0.443 e. The Bertz CT molecular complexity index is 750. The smallest absolute Gasteiger partial charge is 0.258 e. The van der Waals surface area contributed by atoms with Crippen molar-refractivity contribution in [2.75, 3.05) is 39.3 Å². The number of carbonyl (C=O) groups excluding carboxylic acids is 1. The number of hydrogen-bond acceptors (Lipinski definition) is 5. The minimum absolute atomic E-state index is 0.119. The standard InChI is InChI=1S/C17H20N4O3/c1-13-15(14(12-18)17(24-13)21-4-2-3-5-21)16(23)20-8-6-19(7-9-20)10-11-22/h2-5,22H,6-11H2,1H3. The third-order valence-electron chi connectivity index (χ3n) is 4.31. The maximum absolute atomic E-state index is 12.9. The van der Waals surface area contributed by atoms with Gasteiger partial charge in [0, 0.05) is 45.1 Å². The van der Waals surface area contributed by atoms with Gasteiger partial charge >= 0.3 is 0 Å². The number of aliphatic hydroxyl groups is 1. The van der Waals surface area contributed by atoms with Gasteiger partial charge in [-0.05, 0) is 19.1 Å². The zero-order valence-electron chi connectivity index (χ0n) is 13.6. The lowest BCUT2D eigenvalue weighted by Gasteiger charge is -2.34. The molecule has 1 N–H and O–H groups in total. The molecule has 0 aromatic carbocycles. The van der Waals surface area contributed by atoms with Gasteiger partial charge in [0.2, 0.25) is 5.88 Å². The van der Waals surface area contributed by atoms with Gasteiger partial charge in [-0.2, -0.15) is 5.26 Å². The molecule has 1 amide bonds. The molecule has 2 aromatic rings. The van der Waals surface area contributed by atoms with E-state index in [1.54, 1.807) is 28.8 Å². The largest absolute Gasteiger partial charge is 0.443 e. The number of nitriles is 1. The number of piperazine rings is 1. The lowest BCUT2D eigenvalue weighted by molar-refractivity contribution is 0.0613. The van der Waals surface area contributed by atoms with Gasteiger partial charge < -0.3 is 14.4 Å². The van der Waals surface area contributed by atoms with Gasteiger partial charge in [-0.1, -0.05) is 0 Å². The van der Waals surface area contributed by atoms with Crippen LogP contribution in [0.5, 0.6) is 0 Å². The van der Waals surface area contributed by atoms with Crippen LogP contribution in [0, 0.1) is 18.3 Å². The maximum Gasteiger partial charge on any atom is 0.258 e.